The molecule has 0 aliphatic heterocycles. The van der Waals surface area contributed by atoms with Crippen molar-refractivity contribution in [1.82, 2.24) is 0 Å². The summed E-state index contributed by atoms with van der Waals surface area (Å²) in [7, 11) is 5.49. The van der Waals surface area contributed by atoms with Crippen molar-refractivity contribution < 1.29 is 38.2 Å². The van der Waals surface area contributed by atoms with Gasteiger partial charge in [-0.2, -0.15) is 0 Å². The lowest BCUT2D eigenvalue weighted by atomic mass is 10.1. The fourth-order valence-electron chi connectivity index (χ4n) is 6.02. The molecule has 0 aromatic rings. The molecule has 0 aromatic carbocycles. The first-order chi connectivity index (χ1) is 29.6. The van der Waals surface area contributed by atoms with E-state index in [9.17, 15) is 19.5 Å². The molecule has 0 aliphatic carbocycles. The Morgan fingerprint density at radius 3 is 1.38 bits per heavy atom. The normalized spacial score (nSPS) is 14.0. The van der Waals surface area contributed by atoms with Gasteiger partial charge in [0, 0.05) is 19.3 Å². The van der Waals surface area contributed by atoms with E-state index in [1.54, 1.807) is 0 Å². The Bertz CT molecular complexity index is 1400. The van der Waals surface area contributed by atoms with Gasteiger partial charge in [0.05, 0.1) is 34.4 Å². The maximum Gasteiger partial charge on any atom is 0.362 e. The number of carboxylic acids is 1. The van der Waals surface area contributed by atoms with Crippen LogP contribution in [-0.4, -0.2) is 80.6 Å². The largest absolute Gasteiger partial charge is 0.477 e. The maximum absolute atomic E-state index is 12.7. The first-order valence-corrected chi connectivity index (χ1v) is 23.2. The Morgan fingerprint density at radius 1 is 0.508 bits per heavy atom. The number of carbonyl (C=O) groups is 3. The maximum atomic E-state index is 12.7. The second-order valence-electron chi connectivity index (χ2n) is 16.2. The Morgan fingerprint density at radius 2 is 0.918 bits per heavy atom. The van der Waals surface area contributed by atoms with Gasteiger partial charge in [0.25, 0.3) is 0 Å². The average molecular weight is 847 g/mol. The minimum Gasteiger partial charge on any atom is -0.477 e. The Hall–Kier alpha value is -4.27. The highest BCUT2D eigenvalue weighted by molar-refractivity contribution is 5.72. The van der Waals surface area contributed by atoms with Gasteiger partial charge in [0.15, 0.2) is 12.1 Å². The number of allylic oxidation sites excluding steroid dienone is 20. The quantitative estimate of drug-likeness (QED) is 0.0285. The van der Waals surface area contributed by atoms with Crippen molar-refractivity contribution in [2.45, 2.75) is 154 Å². The van der Waals surface area contributed by atoms with Gasteiger partial charge in [-0.05, 0) is 57.8 Å². The summed E-state index contributed by atoms with van der Waals surface area (Å²) in [4.78, 5) is 37.1. The van der Waals surface area contributed by atoms with Gasteiger partial charge in [0.2, 0.25) is 0 Å². The molecule has 61 heavy (non-hydrogen) atoms. The van der Waals surface area contributed by atoms with E-state index in [1.165, 1.54) is 32.1 Å². The zero-order valence-electron chi connectivity index (χ0n) is 38.8. The smallest absolute Gasteiger partial charge is 0.362 e. The van der Waals surface area contributed by atoms with E-state index in [2.05, 4.69) is 62.5 Å². The summed E-state index contributed by atoms with van der Waals surface area (Å²) in [5.74, 6) is -1.57. The molecule has 1 N–H and O–H groups in total. The molecule has 0 rings (SSSR count). The van der Waals surface area contributed by atoms with Crippen LogP contribution in [0.2, 0.25) is 0 Å². The summed E-state index contributed by atoms with van der Waals surface area (Å²) < 4.78 is 17.2. The summed E-state index contributed by atoms with van der Waals surface area (Å²) in [5, 5.41) is 9.63. The second kappa shape index (κ2) is 42.4. The number of carbonyl (C=O) groups excluding carboxylic acids is 2. The summed E-state index contributed by atoms with van der Waals surface area (Å²) in [6, 6.07) is -0.636. The van der Waals surface area contributed by atoms with Crippen LogP contribution in [0.4, 0.5) is 0 Å². The Labute approximate surface area is 371 Å². The highest BCUT2D eigenvalue weighted by atomic mass is 16.6. The van der Waals surface area contributed by atoms with Crippen molar-refractivity contribution in [2.24, 2.45) is 0 Å². The number of aliphatic carboxylic acids is 1. The van der Waals surface area contributed by atoms with Gasteiger partial charge in [0.1, 0.15) is 6.61 Å². The molecule has 0 amide bonds. The topological polar surface area (TPSA) is 99.1 Å². The highest BCUT2D eigenvalue weighted by Crippen LogP contribution is 2.12. The zero-order valence-corrected chi connectivity index (χ0v) is 38.8. The second-order valence-corrected chi connectivity index (χ2v) is 16.2. The van der Waals surface area contributed by atoms with Crippen molar-refractivity contribution in [3.63, 3.8) is 0 Å². The molecule has 0 heterocycles. The third-order valence-corrected chi connectivity index (χ3v) is 9.60. The Balaban J connectivity index is 4.51. The fourth-order valence-corrected chi connectivity index (χ4v) is 6.02. The number of hydrogen-bond acceptors (Lipinski definition) is 6. The van der Waals surface area contributed by atoms with Crippen LogP contribution in [0, 0.1) is 0 Å². The van der Waals surface area contributed by atoms with Crippen LogP contribution in [0.3, 0.4) is 0 Å². The van der Waals surface area contributed by atoms with Crippen LogP contribution >= 0.6 is 0 Å². The minimum absolute atomic E-state index is 0.0261. The SMILES string of the molecule is CC/C=C/C=C/C=C/C=C/C=C/C=C/C=C/CCCCCC(=O)OC(COCCC(C(=O)O)[N+](C)(C)C)COC(=O)CCCCCCC/C=C/C=C/C=C/CCCCCCC. The third kappa shape index (κ3) is 40.9. The van der Waals surface area contributed by atoms with Crippen LogP contribution in [-0.2, 0) is 28.6 Å². The third-order valence-electron chi connectivity index (χ3n) is 9.60. The number of hydrogen-bond donors (Lipinski definition) is 1. The number of rotatable bonds is 39. The first kappa shape index (κ1) is 56.7. The predicted octanol–water partition coefficient (Wildman–Crippen LogP) is 13.0. The lowest BCUT2D eigenvalue weighted by Gasteiger charge is -2.31. The summed E-state index contributed by atoms with van der Waals surface area (Å²) in [6.07, 6.45) is 59.5. The van der Waals surface area contributed by atoms with Crippen molar-refractivity contribution in [3.05, 3.63) is 122 Å². The van der Waals surface area contributed by atoms with E-state index >= 15 is 0 Å². The number of unbranched alkanes of at least 4 members (excludes halogenated alkanes) is 13. The average Bonchev–Trinajstić information content (AvgIpc) is 3.22. The number of nitrogens with zero attached hydrogens (tertiary/aromatic N) is 1. The van der Waals surface area contributed by atoms with Gasteiger partial charge in [-0.25, -0.2) is 4.79 Å². The highest BCUT2D eigenvalue weighted by Gasteiger charge is 2.31. The molecule has 342 valence electrons. The van der Waals surface area contributed by atoms with Crippen LogP contribution in [0.5, 0.6) is 0 Å². The molecule has 2 unspecified atom stereocenters. The molecular weight excluding hydrogens is 763 g/mol. The van der Waals surface area contributed by atoms with Crippen LogP contribution in [0.15, 0.2) is 122 Å². The number of quaternary nitrogens is 1. The fraction of sp³-hybridized carbons (Fsp3) is 0.566. The molecule has 0 saturated carbocycles. The van der Waals surface area contributed by atoms with Crippen molar-refractivity contribution >= 4 is 17.9 Å². The lowest BCUT2D eigenvalue weighted by Crippen LogP contribution is -2.50. The molecule has 8 nitrogen and oxygen atoms in total. The number of likely N-dealkylation sites (N-methyl/N-ethyl adjacent to an activating group) is 1. The van der Waals surface area contributed by atoms with Crippen molar-refractivity contribution in [1.29, 1.82) is 0 Å². The van der Waals surface area contributed by atoms with Gasteiger partial charge in [-0.3, -0.25) is 9.59 Å². The van der Waals surface area contributed by atoms with Crippen LogP contribution in [0.25, 0.3) is 0 Å². The van der Waals surface area contributed by atoms with Crippen LogP contribution in [0.1, 0.15) is 142 Å². The van der Waals surface area contributed by atoms with Gasteiger partial charge < -0.3 is 23.8 Å². The first-order valence-electron chi connectivity index (χ1n) is 23.2. The van der Waals surface area contributed by atoms with Crippen LogP contribution < -0.4 is 0 Å². The predicted molar refractivity (Wildman–Crippen MR) is 256 cm³/mol. The van der Waals surface area contributed by atoms with Crippen molar-refractivity contribution in [2.75, 3.05) is 41.0 Å². The van der Waals surface area contributed by atoms with E-state index in [0.717, 1.165) is 70.6 Å². The van der Waals surface area contributed by atoms with Gasteiger partial charge in [-0.1, -0.05) is 187 Å². The van der Waals surface area contributed by atoms with E-state index in [1.807, 2.05) is 94.1 Å². The molecule has 0 aliphatic rings. The van der Waals surface area contributed by atoms with Gasteiger partial charge >= 0.3 is 17.9 Å². The molecule has 0 radical (unpaired) electrons. The molecule has 0 fully saturated rings. The number of esters is 2. The standard InChI is InChI=1S/C53H83NO7/c1-6-8-10-12-14-16-18-20-22-24-26-28-30-32-34-36-38-40-42-44-52(56)61-49(47-59-46-45-50(53(57)58)54(3,4)5)48-60-51(55)43-41-39-37-35-33-31-29-27-25-23-21-19-17-15-13-11-9-7-2/h8,10,12,14,16,18-30,32,34,49-50H,6-7,9,11,13,15,17,31,33,35-48H2,1-5H3/p+1/b10-8+,14-12+,18-16+,21-19+,22-20+,25-23+,26-24+,29-27+,30-28+,34-32+. The van der Waals surface area contributed by atoms with E-state index < -0.39 is 18.1 Å². The zero-order chi connectivity index (χ0) is 44.9. The molecular formula is C53H84NO7+. The summed E-state index contributed by atoms with van der Waals surface area (Å²) >= 11 is 0. The molecule has 2 atom stereocenters. The summed E-state index contributed by atoms with van der Waals surface area (Å²) in [6.45, 7) is 4.47. The lowest BCUT2D eigenvalue weighted by molar-refractivity contribution is -0.887. The van der Waals surface area contributed by atoms with E-state index in [-0.39, 0.29) is 42.7 Å². The molecule has 0 aromatic heterocycles. The number of carboxylic acid groups (broad SMARTS) is 1. The molecule has 0 spiro atoms. The number of ether oxygens (including phenoxy) is 3. The summed E-state index contributed by atoms with van der Waals surface area (Å²) in [5.41, 5.74) is 0. The molecule has 0 bridgehead atoms. The van der Waals surface area contributed by atoms with E-state index in [4.69, 9.17) is 14.2 Å². The monoisotopic (exact) mass is 847 g/mol. The molecule has 8 heteroatoms. The minimum atomic E-state index is -0.893. The van der Waals surface area contributed by atoms with Crippen molar-refractivity contribution in [3.8, 4) is 0 Å². The molecule has 0 saturated heterocycles. The van der Waals surface area contributed by atoms with Gasteiger partial charge in [-0.15, -0.1) is 0 Å². The Kier molecular flexibility index (Phi) is 39.5. The van der Waals surface area contributed by atoms with E-state index in [0.29, 0.717) is 19.3 Å².